The number of amides is 2. The topological polar surface area (TPSA) is 109 Å². The first-order chi connectivity index (χ1) is 13.5. The zero-order valence-corrected chi connectivity index (χ0v) is 17.6. The highest BCUT2D eigenvalue weighted by Crippen LogP contribution is 2.42. The summed E-state index contributed by atoms with van der Waals surface area (Å²) in [6, 6.07) is 3.39. The molecule has 0 aliphatic carbocycles. The molecule has 2 saturated heterocycles. The second kappa shape index (κ2) is 10.00. The van der Waals surface area contributed by atoms with Crippen molar-refractivity contribution < 1.29 is 28.9 Å². The van der Waals surface area contributed by atoms with Crippen molar-refractivity contribution in [2.45, 2.75) is 12.5 Å². The lowest BCUT2D eigenvalue weighted by molar-refractivity contribution is -0.126. The van der Waals surface area contributed by atoms with Gasteiger partial charge < -0.3 is 34.9 Å². The van der Waals surface area contributed by atoms with Crippen molar-refractivity contribution in [3.05, 3.63) is 12.1 Å². The van der Waals surface area contributed by atoms with Gasteiger partial charge in [0.2, 0.25) is 17.6 Å². The predicted molar refractivity (Wildman–Crippen MR) is 109 cm³/mol. The molecule has 2 aliphatic rings. The minimum absolute atomic E-state index is 0. The standard InChI is InChI=1S/C19H27N3O6.ClH/c1-26-15-5-13(6-16(27-2)18(15)28-3)22-10-11(4-17(22)24)19(25)21-8-12-7-20-9-14(12)23;/h5-6,11-12,14,20,23H,4,7-10H2,1-3H3,(H,21,25);1H. The van der Waals surface area contributed by atoms with Gasteiger partial charge in [0.1, 0.15) is 0 Å². The minimum atomic E-state index is -0.457. The Balaban J connectivity index is 0.00000300. The molecule has 2 amide bonds. The second-order valence-electron chi connectivity index (χ2n) is 7.02. The van der Waals surface area contributed by atoms with Crippen molar-refractivity contribution in [1.82, 2.24) is 10.6 Å². The van der Waals surface area contributed by atoms with E-state index in [0.717, 1.165) is 0 Å². The SMILES string of the molecule is COc1cc(N2CC(C(=O)NCC3CNCC3O)CC2=O)cc(OC)c1OC.Cl. The number of β-amino-alcohol motifs (C(OH)–C–C–N with tert-alkyl or cyclic N) is 1. The first-order valence-electron chi connectivity index (χ1n) is 9.25. The predicted octanol–water partition coefficient (Wildman–Crippen LogP) is 0.184. The lowest BCUT2D eigenvalue weighted by Gasteiger charge is -2.20. The Morgan fingerprint density at radius 1 is 1.21 bits per heavy atom. The summed E-state index contributed by atoms with van der Waals surface area (Å²) in [7, 11) is 4.53. The van der Waals surface area contributed by atoms with Gasteiger partial charge in [0.15, 0.2) is 11.5 Å². The molecule has 3 atom stereocenters. The number of halogens is 1. The van der Waals surface area contributed by atoms with Crippen LogP contribution in [-0.2, 0) is 9.59 Å². The van der Waals surface area contributed by atoms with Gasteiger partial charge in [0, 0.05) is 50.7 Å². The first kappa shape index (κ1) is 23.1. The Kier molecular flexibility index (Phi) is 7.95. The zero-order valence-electron chi connectivity index (χ0n) is 16.8. The second-order valence-corrected chi connectivity index (χ2v) is 7.02. The molecule has 2 fully saturated rings. The molecule has 3 N–H and O–H groups in total. The summed E-state index contributed by atoms with van der Waals surface area (Å²) in [5, 5.41) is 15.8. The highest BCUT2D eigenvalue weighted by atomic mass is 35.5. The van der Waals surface area contributed by atoms with Gasteiger partial charge in [-0.1, -0.05) is 0 Å². The number of hydrogen-bond acceptors (Lipinski definition) is 7. The highest BCUT2D eigenvalue weighted by molar-refractivity contribution is 6.00. The van der Waals surface area contributed by atoms with E-state index in [0.29, 0.717) is 42.6 Å². The van der Waals surface area contributed by atoms with Crippen LogP contribution in [0.2, 0.25) is 0 Å². The quantitative estimate of drug-likeness (QED) is 0.567. The number of carbonyl (C=O) groups is 2. The van der Waals surface area contributed by atoms with Gasteiger partial charge in [-0.2, -0.15) is 0 Å². The van der Waals surface area contributed by atoms with Gasteiger partial charge in [0.05, 0.1) is 39.0 Å². The molecule has 0 spiro atoms. The van der Waals surface area contributed by atoms with Gasteiger partial charge in [0.25, 0.3) is 0 Å². The van der Waals surface area contributed by atoms with E-state index in [-0.39, 0.29) is 43.1 Å². The van der Waals surface area contributed by atoms with Crippen molar-refractivity contribution >= 4 is 29.9 Å². The molecule has 0 bridgehead atoms. The number of methoxy groups -OCH3 is 3. The molecule has 29 heavy (non-hydrogen) atoms. The Morgan fingerprint density at radius 2 is 1.86 bits per heavy atom. The summed E-state index contributed by atoms with van der Waals surface area (Å²) in [5.41, 5.74) is 0.588. The molecule has 3 rings (SSSR count). The molecule has 2 aliphatic heterocycles. The van der Waals surface area contributed by atoms with Crippen LogP contribution in [0.4, 0.5) is 5.69 Å². The van der Waals surface area contributed by atoms with E-state index < -0.39 is 12.0 Å². The maximum atomic E-state index is 12.5. The maximum absolute atomic E-state index is 12.5. The highest BCUT2D eigenvalue weighted by Gasteiger charge is 2.36. The van der Waals surface area contributed by atoms with Crippen LogP contribution < -0.4 is 29.7 Å². The van der Waals surface area contributed by atoms with Crippen LogP contribution in [0.5, 0.6) is 17.2 Å². The summed E-state index contributed by atoms with van der Waals surface area (Å²) in [5.74, 6) is 0.559. The normalized spacial score (nSPS) is 23.5. The third kappa shape index (κ3) is 4.85. The number of carbonyl (C=O) groups excluding carboxylic acids is 2. The molecule has 0 radical (unpaired) electrons. The average molecular weight is 430 g/mol. The molecule has 2 heterocycles. The largest absolute Gasteiger partial charge is 0.493 e. The van der Waals surface area contributed by atoms with Crippen LogP contribution in [0, 0.1) is 11.8 Å². The fraction of sp³-hybridized carbons (Fsp3) is 0.579. The van der Waals surface area contributed by atoms with Crippen molar-refractivity contribution in [3.63, 3.8) is 0 Å². The molecular weight excluding hydrogens is 402 g/mol. The van der Waals surface area contributed by atoms with Crippen molar-refractivity contribution in [3.8, 4) is 17.2 Å². The number of rotatable bonds is 7. The molecule has 3 unspecified atom stereocenters. The van der Waals surface area contributed by atoms with Crippen molar-refractivity contribution in [2.75, 3.05) is 52.4 Å². The Bertz CT molecular complexity index is 722. The van der Waals surface area contributed by atoms with Crippen LogP contribution >= 0.6 is 12.4 Å². The monoisotopic (exact) mass is 429 g/mol. The fourth-order valence-corrected chi connectivity index (χ4v) is 3.66. The van der Waals surface area contributed by atoms with Crippen LogP contribution in [0.3, 0.4) is 0 Å². The number of aliphatic hydroxyl groups excluding tert-OH is 1. The molecule has 0 aromatic heterocycles. The third-order valence-electron chi connectivity index (χ3n) is 5.30. The number of nitrogens with zero attached hydrogens (tertiary/aromatic N) is 1. The van der Waals surface area contributed by atoms with E-state index in [9.17, 15) is 14.7 Å². The fourth-order valence-electron chi connectivity index (χ4n) is 3.66. The number of ether oxygens (including phenoxy) is 3. The van der Waals surface area contributed by atoms with E-state index in [1.165, 1.54) is 21.3 Å². The Hall–Kier alpha value is -2.23. The zero-order chi connectivity index (χ0) is 20.3. The van der Waals surface area contributed by atoms with Gasteiger partial charge in [-0.15, -0.1) is 12.4 Å². The molecule has 1 aromatic rings. The number of nitrogens with one attached hydrogen (secondary N) is 2. The summed E-state index contributed by atoms with van der Waals surface area (Å²) in [6.45, 7) is 1.87. The van der Waals surface area contributed by atoms with Crippen LogP contribution in [-0.4, -0.2) is 70.5 Å². The van der Waals surface area contributed by atoms with Gasteiger partial charge in [-0.25, -0.2) is 0 Å². The average Bonchev–Trinajstić information content (AvgIpc) is 3.30. The van der Waals surface area contributed by atoms with Crippen molar-refractivity contribution in [1.29, 1.82) is 0 Å². The number of aliphatic hydroxyl groups is 1. The van der Waals surface area contributed by atoms with Crippen LogP contribution in [0.1, 0.15) is 6.42 Å². The van der Waals surface area contributed by atoms with E-state index in [4.69, 9.17) is 14.2 Å². The summed E-state index contributed by atoms with van der Waals surface area (Å²) in [6.07, 6.45) is -0.324. The minimum Gasteiger partial charge on any atom is -0.493 e. The number of anilines is 1. The molecule has 9 nitrogen and oxygen atoms in total. The molecule has 0 saturated carbocycles. The third-order valence-corrected chi connectivity index (χ3v) is 5.30. The molecule has 10 heteroatoms. The van der Waals surface area contributed by atoms with E-state index >= 15 is 0 Å². The Morgan fingerprint density at radius 3 is 2.38 bits per heavy atom. The summed E-state index contributed by atoms with van der Waals surface area (Å²) in [4.78, 5) is 26.6. The van der Waals surface area contributed by atoms with Gasteiger partial charge >= 0.3 is 0 Å². The summed E-state index contributed by atoms with van der Waals surface area (Å²) >= 11 is 0. The first-order valence-corrected chi connectivity index (χ1v) is 9.25. The molecular formula is C19H28ClN3O6. The van der Waals surface area contributed by atoms with Crippen molar-refractivity contribution in [2.24, 2.45) is 11.8 Å². The Labute approximate surface area is 176 Å². The molecule has 1 aromatic carbocycles. The van der Waals surface area contributed by atoms with Crippen LogP contribution in [0.15, 0.2) is 12.1 Å². The van der Waals surface area contributed by atoms with Gasteiger partial charge in [-0.3, -0.25) is 9.59 Å². The number of hydrogen-bond donors (Lipinski definition) is 3. The van der Waals surface area contributed by atoms with E-state index in [1.807, 2.05) is 0 Å². The van der Waals surface area contributed by atoms with E-state index in [2.05, 4.69) is 10.6 Å². The van der Waals surface area contributed by atoms with Gasteiger partial charge in [-0.05, 0) is 0 Å². The van der Waals surface area contributed by atoms with Crippen LogP contribution in [0.25, 0.3) is 0 Å². The molecule has 162 valence electrons. The number of benzene rings is 1. The lowest BCUT2D eigenvalue weighted by atomic mass is 10.0. The van der Waals surface area contributed by atoms with E-state index in [1.54, 1.807) is 17.0 Å². The maximum Gasteiger partial charge on any atom is 0.227 e. The summed E-state index contributed by atoms with van der Waals surface area (Å²) < 4.78 is 16.0. The smallest absolute Gasteiger partial charge is 0.227 e. The lowest BCUT2D eigenvalue weighted by Crippen LogP contribution is -2.38.